The van der Waals surface area contributed by atoms with Crippen LogP contribution >= 0.6 is 0 Å². The van der Waals surface area contributed by atoms with Crippen molar-refractivity contribution in [3.63, 3.8) is 0 Å². The Morgan fingerprint density at radius 1 is 1.21 bits per heavy atom. The summed E-state index contributed by atoms with van der Waals surface area (Å²) in [6.07, 6.45) is -0.230. The second-order valence-corrected chi connectivity index (χ2v) is 4.91. The number of hydrogen-bond acceptors (Lipinski definition) is 2. The molecule has 0 saturated heterocycles. The summed E-state index contributed by atoms with van der Waals surface area (Å²) in [5, 5.41) is 0. The van der Waals surface area contributed by atoms with E-state index in [9.17, 15) is 13.2 Å². The van der Waals surface area contributed by atoms with Crippen molar-refractivity contribution >= 4 is 6.08 Å². The number of fused-ring (bicyclic) bond motifs is 1. The molecule has 104 valence electrons. The van der Waals surface area contributed by atoms with Crippen LogP contribution in [-0.4, -0.2) is 12.6 Å². The lowest BCUT2D eigenvalue weighted by molar-refractivity contribution is -0.137. The van der Waals surface area contributed by atoms with Crippen LogP contribution < -0.4 is 11.5 Å². The summed E-state index contributed by atoms with van der Waals surface area (Å²) >= 11 is 0. The molecule has 19 heavy (non-hydrogen) atoms. The Labute approximate surface area is 110 Å². The number of nitrogens with two attached hydrogens (primary N) is 2. The van der Waals surface area contributed by atoms with Gasteiger partial charge in [0.1, 0.15) is 0 Å². The van der Waals surface area contributed by atoms with E-state index >= 15 is 0 Å². The van der Waals surface area contributed by atoms with E-state index in [-0.39, 0.29) is 6.04 Å². The van der Waals surface area contributed by atoms with E-state index in [1.54, 1.807) is 6.07 Å². The molecule has 0 saturated carbocycles. The van der Waals surface area contributed by atoms with E-state index in [1.165, 1.54) is 6.07 Å². The number of hydrogen-bond donors (Lipinski definition) is 2. The molecule has 0 heterocycles. The summed E-state index contributed by atoms with van der Waals surface area (Å²) in [7, 11) is 0. The number of benzene rings is 1. The highest BCUT2D eigenvalue weighted by Crippen LogP contribution is 2.33. The van der Waals surface area contributed by atoms with Crippen molar-refractivity contribution in [2.45, 2.75) is 31.5 Å². The normalized spacial score (nSPS) is 16.8. The van der Waals surface area contributed by atoms with Crippen LogP contribution in [0.2, 0.25) is 0 Å². The van der Waals surface area contributed by atoms with Gasteiger partial charge in [0.15, 0.2) is 0 Å². The van der Waals surface area contributed by atoms with Crippen LogP contribution in [0.4, 0.5) is 13.2 Å². The lowest BCUT2D eigenvalue weighted by Crippen LogP contribution is -2.30. The Morgan fingerprint density at radius 2 is 1.95 bits per heavy atom. The molecule has 1 aromatic rings. The molecule has 1 aliphatic rings. The number of alkyl halides is 3. The van der Waals surface area contributed by atoms with Crippen LogP contribution in [0.1, 0.15) is 29.5 Å². The first-order chi connectivity index (χ1) is 8.90. The lowest BCUT2D eigenvalue weighted by Gasteiger charge is -2.20. The fraction of sp³-hybridized carbons (Fsp3) is 0.429. The third-order valence-corrected chi connectivity index (χ3v) is 3.38. The predicted octanol–water partition coefficient (Wildman–Crippen LogP) is 2.71. The van der Waals surface area contributed by atoms with Gasteiger partial charge in [-0.05, 0) is 42.5 Å². The van der Waals surface area contributed by atoms with Gasteiger partial charge in [-0.15, -0.1) is 0 Å². The van der Waals surface area contributed by atoms with Gasteiger partial charge < -0.3 is 11.5 Å². The highest BCUT2D eigenvalue weighted by molar-refractivity contribution is 5.60. The maximum absolute atomic E-state index is 12.7. The average Bonchev–Trinajstić information content (AvgIpc) is 2.36. The molecule has 0 radical (unpaired) electrons. The van der Waals surface area contributed by atoms with Crippen LogP contribution in [0.15, 0.2) is 23.8 Å². The molecule has 0 amide bonds. The highest BCUT2D eigenvalue weighted by atomic mass is 19.4. The number of rotatable bonds is 3. The zero-order valence-electron chi connectivity index (χ0n) is 10.5. The maximum atomic E-state index is 12.7. The number of halogens is 3. The Balaban J connectivity index is 2.27. The molecule has 0 fully saturated rings. The average molecular weight is 270 g/mol. The zero-order valence-corrected chi connectivity index (χ0v) is 10.5. The summed E-state index contributed by atoms with van der Waals surface area (Å²) in [5.74, 6) is 0. The van der Waals surface area contributed by atoms with Crippen molar-refractivity contribution in [3.8, 4) is 0 Å². The van der Waals surface area contributed by atoms with Crippen LogP contribution in [0.3, 0.4) is 0 Å². The summed E-state index contributed by atoms with van der Waals surface area (Å²) in [6.45, 7) is 0.382. The van der Waals surface area contributed by atoms with E-state index in [4.69, 9.17) is 11.5 Å². The Hall–Kier alpha value is -1.33. The maximum Gasteiger partial charge on any atom is 0.416 e. The first kappa shape index (κ1) is 14.1. The van der Waals surface area contributed by atoms with Crippen molar-refractivity contribution in [1.82, 2.24) is 0 Å². The van der Waals surface area contributed by atoms with Crippen LogP contribution in [0, 0.1) is 0 Å². The van der Waals surface area contributed by atoms with Crippen molar-refractivity contribution in [2.24, 2.45) is 11.5 Å². The molecule has 1 aliphatic carbocycles. The van der Waals surface area contributed by atoms with E-state index in [1.807, 2.05) is 6.08 Å². The van der Waals surface area contributed by atoms with Crippen molar-refractivity contribution in [2.75, 3.05) is 6.54 Å². The van der Waals surface area contributed by atoms with E-state index < -0.39 is 11.7 Å². The minimum atomic E-state index is -4.30. The third kappa shape index (κ3) is 3.36. The van der Waals surface area contributed by atoms with Crippen molar-refractivity contribution in [3.05, 3.63) is 40.5 Å². The molecule has 0 unspecified atom stereocenters. The first-order valence-electron chi connectivity index (χ1n) is 6.25. The molecule has 0 aliphatic heterocycles. The Morgan fingerprint density at radius 3 is 2.58 bits per heavy atom. The molecule has 1 atom stereocenters. The predicted molar refractivity (Wildman–Crippen MR) is 69.4 cm³/mol. The Bertz CT molecular complexity index is 492. The summed E-state index contributed by atoms with van der Waals surface area (Å²) in [6, 6.07) is 3.79. The molecule has 2 nitrogen and oxygen atoms in total. The SMILES string of the molecule is NC[C@H](N)CC1=Cc2cc(C(F)(F)F)ccc2CC1. The zero-order chi connectivity index (χ0) is 14.0. The van der Waals surface area contributed by atoms with Crippen LogP contribution in [-0.2, 0) is 12.6 Å². The monoisotopic (exact) mass is 270 g/mol. The van der Waals surface area contributed by atoms with Crippen molar-refractivity contribution < 1.29 is 13.2 Å². The standard InChI is InChI=1S/C14H17F3N2/c15-14(16,17)12-4-3-10-2-1-9(5-11(10)7-12)6-13(19)8-18/h3-5,7,13H,1-2,6,8,18-19H2/t13-/m1/s1. The van der Waals surface area contributed by atoms with E-state index in [2.05, 4.69) is 0 Å². The van der Waals surface area contributed by atoms with E-state index in [0.717, 1.165) is 30.0 Å². The second-order valence-electron chi connectivity index (χ2n) is 4.91. The van der Waals surface area contributed by atoms with Gasteiger partial charge in [-0.3, -0.25) is 0 Å². The molecule has 4 N–H and O–H groups in total. The fourth-order valence-electron chi connectivity index (χ4n) is 2.30. The summed E-state index contributed by atoms with van der Waals surface area (Å²) < 4.78 is 38.0. The lowest BCUT2D eigenvalue weighted by atomic mass is 9.88. The smallest absolute Gasteiger partial charge is 0.329 e. The van der Waals surface area contributed by atoms with Gasteiger partial charge in [-0.25, -0.2) is 0 Å². The van der Waals surface area contributed by atoms with Crippen LogP contribution in [0.25, 0.3) is 6.08 Å². The van der Waals surface area contributed by atoms with Gasteiger partial charge >= 0.3 is 6.18 Å². The first-order valence-corrected chi connectivity index (χ1v) is 6.25. The number of aryl methyl sites for hydroxylation is 1. The van der Waals surface area contributed by atoms with Gasteiger partial charge in [-0.2, -0.15) is 13.2 Å². The molecule has 1 aromatic carbocycles. The molecular formula is C14H17F3N2. The molecular weight excluding hydrogens is 253 g/mol. The molecule has 0 bridgehead atoms. The highest BCUT2D eigenvalue weighted by Gasteiger charge is 2.31. The fourth-order valence-corrected chi connectivity index (χ4v) is 2.30. The largest absolute Gasteiger partial charge is 0.416 e. The molecule has 5 heteroatoms. The van der Waals surface area contributed by atoms with Gasteiger partial charge in [0, 0.05) is 12.6 Å². The van der Waals surface area contributed by atoms with Gasteiger partial charge in [0.25, 0.3) is 0 Å². The molecule has 0 spiro atoms. The quantitative estimate of drug-likeness (QED) is 0.887. The summed E-state index contributed by atoms with van der Waals surface area (Å²) in [5.41, 5.74) is 13.3. The minimum absolute atomic E-state index is 0.126. The summed E-state index contributed by atoms with van der Waals surface area (Å²) in [4.78, 5) is 0. The van der Waals surface area contributed by atoms with Crippen molar-refractivity contribution in [1.29, 1.82) is 0 Å². The second kappa shape index (κ2) is 5.35. The Kier molecular flexibility index (Phi) is 3.96. The van der Waals surface area contributed by atoms with Gasteiger partial charge in [-0.1, -0.05) is 17.7 Å². The minimum Gasteiger partial charge on any atom is -0.329 e. The van der Waals surface area contributed by atoms with E-state index in [0.29, 0.717) is 18.5 Å². The van der Waals surface area contributed by atoms with Gasteiger partial charge in [0.2, 0.25) is 0 Å². The van der Waals surface area contributed by atoms with Crippen LogP contribution in [0.5, 0.6) is 0 Å². The molecule has 0 aromatic heterocycles. The topological polar surface area (TPSA) is 52.0 Å². The molecule has 2 rings (SSSR count). The third-order valence-electron chi connectivity index (χ3n) is 3.38. The van der Waals surface area contributed by atoms with Gasteiger partial charge in [0.05, 0.1) is 5.56 Å².